The summed E-state index contributed by atoms with van der Waals surface area (Å²) in [6.45, 7) is 0. The van der Waals surface area contributed by atoms with Crippen LogP contribution in [0, 0.1) is 5.95 Å². The van der Waals surface area contributed by atoms with E-state index in [1.807, 2.05) is 0 Å². The zero-order chi connectivity index (χ0) is 10.9. The van der Waals surface area contributed by atoms with Crippen molar-refractivity contribution in [2.75, 3.05) is 16.8 Å². The van der Waals surface area contributed by atoms with Gasteiger partial charge >= 0.3 is 0 Å². The molecule has 1 aromatic rings. The van der Waals surface area contributed by atoms with Crippen LogP contribution >= 0.6 is 0 Å². The van der Waals surface area contributed by atoms with Crippen molar-refractivity contribution in [2.45, 2.75) is 12.5 Å². The van der Waals surface area contributed by atoms with Gasteiger partial charge in [-0.2, -0.15) is 4.39 Å². The van der Waals surface area contributed by atoms with Gasteiger partial charge < -0.3 is 5.32 Å². The van der Waals surface area contributed by atoms with Crippen LogP contribution in [-0.4, -0.2) is 30.9 Å². The summed E-state index contributed by atoms with van der Waals surface area (Å²) in [5, 5.41) is 3.02. The average molecular weight is 230 g/mol. The van der Waals surface area contributed by atoms with Crippen molar-refractivity contribution in [3.05, 3.63) is 24.3 Å². The second kappa shape index (κ2) is 3.77. The predicted molar refractivity (Wildman–Crippen MR) is 54.9 cm³/mol. The van der Waals surface area contributed by atoms with Crippen molar-refractivity contribution in [1.29, 1.82) is 0 Å². The highest BCUT2D eigenvalue weighted by molar-refractivity contribution is 7.91. The third kappa shape index (κ3) is 2.65. The number of nitrogens with zero attached hydrogens (tertiary/aromatic N) is 1. The van der Waals surface area contributed by atoms with E-state index in [1.165, 1.54) is 12.3 Å². The number of aromatic nitrogens is 1. The summed E-state index contributed by atoms with van der Waals surface area (Å²) in [5.41, 5.74) is 0.651. The Morgan fingerprint density at radius 1 is 1.47 bits per heavy atom. The third-order valence-electron chi connectivity index (χ3n) is 2.33. The molecule has 1 N–H and O–H groups in total. The molecule has 4 nitrogen and oxygen atoms in total. The minimum absolute atomic E-state index is 0.0812. The van der Waals surface area contributed by atoms with Gasteiger partial charge in [0.2, 0.25) is 5.95 Å². The summed E-state index contributed by atoms with van der Waals surface area (Å²) in [5.74, 6) is -0.177. The number of halogens is 1. The monoisotopic (exact) mass is 230 g/mol. The molecule has 82 valence electrons. The molecule has 2 rings (SSSR count). The maximum absolute atomic E-state index is 12.5. The second-order valence-corrected chi connectivity index (χ2v) is 5.84. The zero-order valence-electron chi connectivity index (χ0n) is 7.98. The van der Waals surface area contributed by atoms with Crippen LogP contribution in [0.2, 0.25) is 0 Å². The largest absolute Gasteiger partial charge is 0.380 e. The first-order valence-corrected chi connectivity index (χ1v) is 6.46. The highest BCUT2D eigenvalue weighted by Crippen LogP contribution is 2.16. The number of pyridine rings is 1. The number of anilines is 1. The fourth-order valence-electron chi connectivity index (χ4n) is 1.61. The molecular weight excluding hydrogens is 219 g/mol. The maximum atomic E-state index is 12.5. The highest BCUT2D eigenvalue weighted by atomic mass is 32.2. The average Bonchev–Trinajstić information content (AvgIpc) is 2.50. The van der Waals surface area contributed by atoms with Gasteiger partial charge in [0.05, 0.1) is 23.4 Å². The molecule has 1 atom stereocenters. The fourth-order valence-corrected chi connectivity index (χ4v) is 3.28. The van der Waals surface area contributed by atoms with Crippen LogP contribution in [0.1, 0.15) is 6.42 Å². The summed E-state index contributed by atoms with van der Waals surface area (Å²) >= 11 is 0. The summed E-state index contributed by atoms with van der Waals surface area (Å²) < 4.78 is 34.8. The topological polar surface area (TPSA) is 59.1 Å². The lowest BCUT2D eigenvalue weighted by molar-refractivity contribution is 0.583. The Morgan fingerprint density at radius 2 is 2.27 bits per heavy atom. The van der Waals surface area contributed by atoms with E-state index in [0.717, 1.165) is 0 Å². The molecule has 0 bridgehead atoms. The molecule has 1 unspecified atom stereocenters. The quantitative estimate of drug-likeness (QED) is 0.764. The molecule has 6 heteroatoms. The van der Waals surface area contributed by atoms with Crippen LogP contribution in [0.4, 0.5) is 10.1 Å². The molecule has 0 saturated carbocycles. The first kappa shape index (κ1) is 10.4. The molecule has 1 aliphatic rings. The van der Waals surface area contributed by atoms with Crippen molar-refractivity contribution < 1.29 is 12.8 Å². The number of sulfone groups is 1. The van der Waals surface area contributed by atoms with E-state index in [-0.39, 0.29) is 17.5 Å². The molecule has 15 heavy (non-hydrogen) atoms. The van der Waals surface area contributed by atoms with Crippen LogP contribution < -0.4 is 5.32 Å². The molecular formula is C9H11FN2O2S. The zero-order valence-corrected chi connectivity index (χ0v) is 8.80. The van der Waals surface area contributed by atoms with Crippen LogP contribution in [0.3, 0.4) is 0 Å². The normalized spacial score (nSPS) is 23.9. The molecule has 0 aliphatic carbocycles. The molecule has 0 amide bonds. The van der Waals surface area contributed by atoms with E-state index in [1.54, 1.807) is 6.07 Å². The summed E-state index contributed by atoms with van der Waals surface area (Å²) in [4.78, 5) is 3.48. The van der Waals surface area contributed by atoms with E-state index < -0.39 is 15.8 Å². The standard InChI is InChI=1S/C9H11FN2O2S/c10-9-2-1-7(5-11-9)12-8-3-4-15(13,14)6-8/h1-2,5,8,12H,3-4,6H2. The number of hydrogen-bond acceptors (Lipinski definition) is 4. The van der Waals surface area contributed by atoms with Gasteiger partial charge in [-0.1, -0.05) is 0 Å². The van der Waals surface area contributed by atoms with Gasteiger partial charge in [-0.05, 0) is 18.6 Å². The van der Waals surface area contributed by atoms with Crippen molar-refractivity contribution in [3.63, 3.8) is 0 Å². The Balaban J connectivity index is 2.02. The Bertz CT molecular complexity index is 444. The number of nitrogens with one attached hydrogen (secondary N) is 1. The number of rotatable bonds is 2. The smallest absolute Gasteiger partial charge is 0.212 e. The van der Waals surface area contributed by atoms with E-state index in [4.69, 9.17) is 0 Å². The molecule has 1 fully saturated rings. The minimum Gasteiger partial charge on any atom is -0.380 e. The van der Waals surface area contributed by atoms with E-state index >= 15 is 0 Å². The maximum Gasteiger partial charge on any atom is 0.212 e. The number of hydrogen-bond donors (Lipinski definition) is 1. The van der Waals surface area contributed by atoms with Crippen molar-refractivity contribution in [3.8, 4) is 0 Å². The predicted octanol–water partition coefficient (Wildman–Crippen LogP) is 0.820. The van der Waals surface area contributed by atoms with Crippen molar-refractivity contribution in [2.24, 2.45) is 0 Å². The summed E-state index contributed by atoms with van der Waals surface area (Å²) in [7, 11) is -2.88. The fraction of sp³-hybridized carbons (Fsp3) is 0.444. The Labute approximate surface area is 87.4 Å². The Morgan fingerprint density at radius 3 is 2.80 bits per heavy atom. The lowest BCUT2D eigenvalue weighted by atomic mass is 10.2. The first-order valence-electron chi connectivity index (χ1n) is 4.64. The van der Waals surface area contributed by atoms with E-state index in [2.05, 4.69) is 10.3 Å². The van der Waals surface area contributed by atoms with Crippen molar-refractivity contribution >= 4 is 15.5 Å². The van der Waals surface area contributed by atoms with Gasteiger partial charge in [0.15, 0.2) is 9.84 Å². The lowest BCUT2D eigenvalue weighted by Gasteiger charge is -2.11. The summed E-state index contributed by atoms with van der Waals surface area (Å²) in [6.07, 6.45) is 1.96. The molecule has 1 saturated heterocycles. The van der Waals surface area contributed by atoms with Crippen LogP contribution in [0.15, 0.2) is 18.3 Å². The molecule has 1 aromatic heterocycles. The minimum atomic E-state index is -2.88. The first-order chi connectivity index (χ1) is 7.05. The van der Waals surface area contributed by atoms with Gasteiger partial charge in [-0.15, -0.1) is 0 Å². The summed E-state index contributed by atoms with van der Waals surface area (Å²) in [6, 6.07) is 2.71. The van der Waals surface area contributed by atoms with Crippen LogP contribution in [0.25, 0.3) is 0 Å². The molecule has 2 heterocycles. The van der Waals surface area contributed by atoms with Gasteiger partial charge in [-0.25, -0.2) is 13.4 Å². The van der Waals surface area contributed by atoms with Crippen LogP contribution in [-0.2, 0) is 9.84 Å². The second-order valence-electron chi connectivity index (χ2n) is 3.61. The SMILES string of the molecule is O=S1(=O)CCC(Nc2ccc(F)nc2)C1. The van der Waals surface area contributed by atoms with Gasteiger partial charge in [-0.3, -0.25) is 0 Å². The van der Waals surface area contributed by atoms with E-state index in [0.29, 0.717) is 12.1 Å². The molecule has 1 aliphatic heterocycles. The van der Waals surface area contributed by atoms with E-state index in [9.17, 15) is 12.8 Å². The van der Waals surface area contributed by atoms with Gasteiger partial charge in [0, 0.05) is 6.04 Å². The van der Waals surface area contributed by atoms with Crippen molar-refractivity contribution in [1.82, 2.24) is 4.98 Å². The molecule has 0 aromatic carbocycles. The van der Waals surface area contributed by atoms with Gasteiger partial charge in [0.1, 0.15) is 0 Å². The highest BCUT2D eigenvalue weighted by Gasteiger charge is 2.27. The molecule has 0 spiro atoms. The third-order valence-corrected chi connectivity index (χ3v) is 4.10. The lowest BCUT2D eigenvalue weighted by Crippen LogP contribution is -2.20. The van der Waals surface area contributed by atoms with Gasteiger partial charge in [0.25, 0.3) is 0 Å². The molecule has 0 radical (unpaired) electrons. The Hall–Kier alpha value is -1.17. The van der Waals surface area contributed by atoms with Crippen LogP contribution in [0.5, 0.6) is 0 Å². The Kier molecular flexibility index (Phi) is 2.60.